The normalized spacial score (nSPS) is 10.0. The largest absolute Gasteiger partial charge is 0.248 e. The molecule has 4 heteroatoms. The van der Waals surface area contributed by atoms with Crippen molar-refractivity contribution in [2.75, 3.05) is 0 Å². The summed E-state index contributed by atoms with van der Waals surface area (Å²) in [5.74, 6) is 5.68. The quantitative estimate of drug-likeness (QED) is 0.640. The van der Waals surface area contributed by atoms with Gasteiger partial charge in [-0.15, -0.1) is 0 Å². The number of nitrogens with zero attached hydrogens (tertiary/aromatic N) is 3. The predicted molar refractivity (Wildman–Crippen MR) is 78.5 cm³/mol. The highest BCUT2D eigenvalue weighted by atomic mass is 19.1. The molecule has 0 aliphatic rings. The van der Waals surface area contributed by atoms with Crippen molar-refractivity contribution in [3.05, 3.63) is 77.6 Å². The predicted octanol–water partition coefficient (Wildman–Crippen LogP) is 3.11. The summed E-state index contributed by atoms with van der Waals surface area (Å²) in [6.45, 7) is 1.93. The summed E-state index contributed by atoms with van der Waals surface area (Å²) in [7, 11) is 0. The summed E-state index contributed by atoms with van der Waals surface area (Å²) in [6, 6.07) is 13.7. The molecule has 0 saturated heterocycles. The summed E-state index contributed by atoms with van der Waals surface area (Å²) in [6.07, 6.45) is 1.70. The summed E-state index contributed by atoms with van der Waals surface area (Å²) < 4.78 is 14.7. The van der Waals surface area contributed by atoms with Crippen molar-refractivity contribution >= 4 is 0 Å². The van der Waals surface area contributed by atoms with E-state index in [0.717, 1.165) is 11.4 Å². The van der Waals surface area contributed by atoms with E-state index in [1.807, 2.05) is 31.2 Å². The molecular formula is C17H12FN3. The third-order valence-electron chi connectivity index (χ3n) is 2.94. The van der Waals surface area contributed by atoms with Crippen molar-refractivity contribution in [3.8, 4) is 17.5 Å². The molecule has 0 radical (unpaired) electrons. The number of hydrogen-bond donors (Lipinski definition) is 0. The van der Waals surface area contributed by atoms with Crippen LogP contribution in [0.25, 0.3) is 5.69 Å². The van der Waals surface area contributed by atoms with E-state index in [2.05, 4.69) is 21.9 Å². The van der Waals surface area contributed by atoms with Crippen LogP contribution in [0.3, 0.4) is 0 Å². The fourth-order valence-electron chi connectivity index (χ4n) is 1.94. The van der Waals surface area contributed by atoms with Crippen LogP contribution < -0.4 is 0 Å². The van der Waals surface area contributed by atoms with Gasteiger partial charge in [0.2, 0.25) is 0 Å². The van der Waals surface area contributed by atoms with Crippen LogP contribution in [-0.2, 0) is 0 Å². The molecule has 2 heterocycles. The third kappa shape index (κ3) is 2.98. The van der Waals surface area contributed by atoms with Crippen LogP contribution in [0.4, 0.5) is 4.39 Å². The van der Waals surface area contributed by atoms with Gasteiger partial charge in [-0.25, -0.2) is 14.1 Å². The van der Waals surface area contributed by atoms with Gasteiger partial charge < -0.3 is 0 Å². The lowest BCUT2D eigenvalue weighted by atomic mass is 10.3. The first-order valence-corrected chi connectivity index (χ1v) is 6.48. The number of aryl methyl sites for hydroxylation is 1. The number of benzene rings is 1. The SMILES string of the molecule is Cc1cc(C#Cc2ccccn2)nn1-c1ccc(F)cc1. The van der Waals surface area contributed by atoms with E-state index in [-0.39, 0.29) is 5.82 Å². The number of rotatable bonds is 1. The Morgan fingerprint density at radius 1 is 1.00 bits per heavy atom. The van der Waals surface area contributed by atoms with Crippen LogP contribution in [0, 0.1) is 24.6 Å². The summed E-state index contributed by atoms with van der Waals surface area (Å²) in [5.41, 5.74) is 3.10. The van der Waals surface area contributed by atoms with Gasteiger partial charge in [0, 0.05) is 11.9 Å². The highest BCUT2D eigenvalue weighted by molar-refractivity contribution is 5.40. The number of halogens is 1. The summed E-state index contributed by atoms with van der Waals surface area (Å²) in [4.78, 5) is 4.14. The molecule has 0 aliphatic carbocycles. The Kier molecular flexibility index (Phi) is 3.48. The van der Waals surface area contributed by atoms with Gasteiger partial charge >= 0.3 is 0 Å². The maximum atomic E-state index is 13.0. The van der Waals surface area contributed by atoms with Gasteiger partial charge in [-0.3, -0.25) is 0 Å². The van der Waals surface area contributed by atoms with Crippen LogP contribution in [0.15, 0.2) is 54.7 Å². The first kappa shape index (κ1) is 13.1. The molecule has 0 fully saturated rings. The van der Waals surface area contributed by atoms with Gasteiger partial charge in [-0.1, -0.05) is 6.07 Å². The van der Waals surface area contributed by atoms with E-state index < -0.39 is 0 Å². The zero-order valence-electron chi connectivity index (χ0n) is 11.4. The van der Waals surface area contributed by atoms with Crippen LogP contribution >= 0.6 is 0 Å². The Labute approximate surface area is 122 Å². The van der Waals surface area contributed by atoms with E-state index in [1.54, 1.807) is 23.0 Å². The topological polar surface area (TPSA) is 30.7 Å². The third-order valence-corrected chi connectivity index (χ3v) is 2.94. The molecule has 2 aromatic heterocycles. The lowest BCUT2D eigenvalue weighted by Gasteiger charge is -2.02. The van der Waals surface area contributed by atoms with Crippen molar-refractivity contribution < 1.29 is 4.39 Å². The Bertz CT molecular complexity index is 809. The molecule has 3 nitrogen and oxygen atoms in total. The second-order valence-electron chi connectivity index (χ2n) is 4.52. The molecule has 0 bridgehead atoms. The minimum Gasteiger partial charge on any atom is -0.248 e. The van der Waals surface area contributed by atoms with Gasteiger partial charge in [0.05, 0.1) is 5.69 Å². The Hall–Kier alpha value is -2.93. The van der Waals surface area contributed by atoms with Gasteiger partial charge in [0.15, 0.2) is 0 Å². The summed E-state index contributed by atoms with van der Waals surface area (Å²) in [5, 5.41) is 4.42. The molecule has 1 aromatic carbocycles. The molecule has 3 rings (SSSR count). The molecule has 0 aliphatic heterocycles. The van der Waals surface area contributed by atoms with Crippen molar-refractivity contribution in [3.63, 3.8) is 0 Å². The maximum Gasteiger partial charge on any atom is 0.136 e. The molecule has 0 unspecified atom stereocenters. The van der Waals surface area contributed by atoms with Gasteiger partial charge in [0.1, 0.15) is 17.2 Å². The van der Waals surface area contributed by atoms with Crippen LogP contribution in [0.5, 0.6) is 0 Å². The molecular weight excluding hydrogens is 265 g/mol. The van der Waals surface area contributed by atoms with E-state index >= 15 is 0 Å². The fourth-order valence-corrected chi connectivity index (χ4v) is 1.94. The lowest BCUT2D eigenvalue weighted by molar-refractivity contribution is 0.627. The summed E-state index contributed by atoms with van der Waals surface area (Å²) >= 11 is 0. The molecule has 0 atom stereocenters. The monoisotopic (exact) mass is 277 g/mol. The lowest BCUT2D eigenvalue weighted by Crippen LogP contribution is -1.98. The van der Waals surface area contributed by atoms with Gasteiger partial charge in [-0.05, 0) is 61.2 Å². The Morgan fingerprint density at radius 3 is 2.48 bits per heavy atom. The van der Waals surface area contributed by atoms with Crippen molar-refractivity contribution in [1.82, 2.24) is 14.8 Å². The first-order chi connectivity index (χ1) is 10.2. The molecule has 0 N–H and O–H groups in total. The van der Waals surface area contributed by atoms with Crippen LogP contribution in [-0.4, -0.2) is 14.8 Å². The van der Waals surface area contributed by atoms with Crippen molar-refractivity contribution in [2.45, 2.75) is 6.92 Å². The highest BCUT2D eigenvalue weighted by Crippen LogP contribution is 2.12. The number of pyridine rings is 1. The first-order valence-electron chi connectivity index (χ1n) is 6.48. The zero-order valence-corrected chi connectivity index (χ0v) is 11.4. The standard InChI is InChI=1S/C17H12FN3/c1-13-12-16(8-7-15-4-2-3-11-19-15)20-21(13)17-9-5-14(18)6-10-17/h2-6,9-12H,1H3. The van der Waals surface area contributed by atoms with Crippen LogP contribution in [0.2, 0.25) is 0 Å². The fraction of sp³-hybridized carbons (Fsp3) is 0.0588. The van der Waals surface area contributed by atoms with E-state index in [4.69, 9.17) is 0 Å². The van der Waals surface area contributed by atoms with Crippen molar-refractivity contribution in [1.29, 1.82) is 0 Å². The molecule has 0 spiro atoms. The van der Waals surface area contributed by atoms with Gasteiger partial charge in [0.25, 0.3) is 0 Å². The van der Waals surface area contributed by atoms with Gasteiger partial charge in [-0.2, -0.15) is 5.10 Å². The maximum absolute atomic E-state index is 13.0. The zero-order chi connectivity index (χ0) is 14.7. The van der Waals surface area contributed by atoms with Crippen molar-refractivity contribution in [2.24, 2.45) is 0 Å². The molecule has 0 amide bonds. The number of hydrogen-bond acceptors (Lipinski definition) is 2. The Morgan fingerprint density at radius 2 is 1.76 bits per heavy atom. The smallest absolute Gasteiger partial charge is 0.136 e. The second kappa shape index (κ2) is 5.59. The van der Waals surface area contributed by atoms with E-state index in [0.29, 0.717) is 11.4 Å². The van der Waals surface area contributed by atoms with E-state index in [9.17, 15) is 4.39 Å². The molecule has 102 valence electrons. The second-order valence-corrected chi connectivity index (χ2v) is 4.52. The van der Waals surface area contributed by atoms with Crippen LogP contribution in [0.1, 0.15) is 17.1 Å². The Balaban J connectivity index is 1.92. The molecule has 3 aromatic rings. The average molecular weight is 277 g/mol. The minimum atomic E-state index is -0.265. The molecule has 0 saturated carbocycles. The average Bonchev–Trinajstić information content (AvgIpc) is 2.88. The molecule has 21 heavy (non-hydrogen) atoms. The van der Waals surface area contributed by atoms with E-state index in [1.165, 1.54) is 12.1 Å². The highest BCUT2D eigenvalue weighted by Gasteiger charge is 2.04. The number of aromatic nitrogens is 3. The minimum absolute atomic E-state index is 0.265.